The summed E-state index contributed by atoms with van der Waals surface area (Å²) in [4.78, 5) is 13.3. The van der Waals surface area contributed by atoms with Gasteiger partial charge in [0.15, 0.2) is 11.5 Å². The average Bonchev–Trinajstić information content (AvgIpc) is 3.42. The van der Waals surface area contributed by atoms with Crippen LogP contribution >= 0.6 is 0 Å². The molecule has 0 saturated heterocycles. The summed E-state index contributed by atoms with van der Waals surface area (Å²) in [6, 6.07) is 12.0. The van der Waals surface area contributed by atoms with Crippen molar-refractivity contribution in [2.45, 2.75) is 44.9 Å². The molecule has 0 spiro atoms. The van der Waals surface area contributed by atoms with Crippen molar-refractivity contribution in [2.75, 3.05) is 6.61 Å². The van der Waals surface area contributed by atoms with Gasteiger partial charge in [-0.05, 0) is 37.5 Å². The molecule has 0 radical (unpaired) electrons. The van der Waals surface area contributed by atoms with E-state index in [4.69, 9.17) is 19.4 Å². The maximum atomic E-state index is 10.6. The number of H-pyrrole nitrogens is 1. The number of fused-ring (bicyclic) bond motifs is 1. The molecule has 0 saturated carbocycles. The highest BCUT2D eigenvalue weighted by Gasteiger charge is 2.38. The van der Waals surface area contributed by atoms with E-state index in [9.17, 15) is 13.2 Å². The van der Waals surface area contributed by atoms with Gasteiger partial charge in [-0.3, -0.25) is 5.10 Å². The molecule has 0 amide bonds. The van der Waals surface area contributed by atoms with E-state index in [1.165, 1.54) is 11.3 Å². The molecule has 4 rings (SSSR count). The predicted molar refractivity (Wildman–Crippen MR) is 117 cm³/mol. The molecule has 0 bridgehead atoms. The summed E-state index contributed by atoms with van der Waals surface area (Å²) in [6.07, 6.45) is 1.64. The number of carboxylic acids is 1. The number of carbonyl (C=O) groups is 1. The molecule has 11 heteroatoms. The Balaban J connectivity index is 0.000000406. The predicted octanol–water partition coefficient (Wildman–Crippen LogP) is 4.80. The first-order chi connectivity index (χ1) is 16.3. The highest BCUT2D eigenvalue weighted by molar-refractivity contribution is 5.73. The molecule has 182 valence electrons. The van der Waals surface area contributed by atoms with Crippen LogP contribution in [0.3, 0.4) is 0 Å². The molecule has 2 aromatic heterocycles. The number of rotatable bonds is 8. The van der Waals surface area contributed by atoms with Crippen molar-refractivity contribution in [2.24, 2.45) is 0 Å². The average molecular weight is 478 g/mol. The Bertz CT molecular complexity index is 1090. The first-order valence-corrected chi connectivity index (χ1v) is 10.7. The fraction of sp³-hybridized carbons (Fsp3) is 0.348. The Morgan fingerprint density at radius 3 is 2.68 bits per heavy atom. The second-order valence-electron chi connectivity index (χ2n) is 7.44. The summed E-state index contributed by atoms with van der Waals surface area (Å²) in [6.45, 7) is 3.42. The minimum Gasteiger partial charge on any atom is -0.490 e. The number of carboxylic acid groups (broad SMARTS) is 1. The second kappa shape index (κ2) is 11.5. The van der Waals surface area contributed by atoms with Gasteiger partial charge in [-0.25, -0.2) is 9.78 Å². The maximum Gasteiger partial charge on any atom is 0.490 e. The summed E-state index contributed by atoms with van der Waals surface area (Å²) in [5.41, 5.74) is 3.51. The van der Waals surface area contributed by atoms with Gasteiger partial charge in [0.25, 0.3) is 0 Å². The zero-order valence-electron chi connectivity index (χ0n) is 18.4. The SMILES string of the molecule is CCCOc1ccccc1Oc1ncccc1CNC1CCc2[nH]ncc21.O=C(O)C(F)(F)F. The third-order valence-electron chi connectivity index (χ3n) is 4.96. The molecule has 2 heterocycles. The lowest BCUT2D eigenvalue weighted by Crippen LogP contribution is -2.21. The minimum absolute atomic E-state index is 0.312. The van der Waals surface area contributed by atoms with Gasteiger partial charge in [-0.1, -0.05) is 25.1 Å². The first kappa shape index (κ1) is 25.0. The number of nitrogens with one attached hydrogen (secondary N) is 2. The van der Waals surface area contributed by atoms with E-state index in [1.54, 1.807) is 6.20 Å². The first-order valence-electron chi connectivity index (χ1n) is 10.7. The Morgan fingerprint density at radius 2 is 1.97 bits per heavy atom. The van der Waals surface area contributed by atoms with Gasteiger partial charge in [0, 0.05) is 35.6 Å². The van der Waals surface area contributed by atoms with Crippen molar-refractivity contribution in [1.82, 2.24) is 20.5 Å². The van der Waals surface area contributed by atoms with E-state index in [-0.39, 0.29) is 0 Å². The van der Waals surface area contributed by atoms with E-state index >= 15 is 0 Å². The van der Waals surface area contributed by atoms with Crippen molar-refractivity contribution < 1.29 is 32.5 Å². The van der Waals surface area contributed by atoms with Gasteiger partial charge < -0.3 is 19.9 Å². The van der Waals surface area contributed by atoms with Crippen molar-refractivity contribution in [3.63, 3.8) is 0 Å². The monoisotopic (exact) mass is 478 g/mol. The third kappa shape index (κ3) is 6.70. The third-order valence-corrected chi connectivity index (χ3v) is 4.96. The topological polar surface area (TPSA) is 109 Å². The molecule has 1 aliphatic rings. The summed E-state index contributed by atoms with van der Waals surface area (Å²) in [7, 11) is 0. The molecular weight excluding hydrogens is 453 g/mol. The number of pyridine rings is 1. The van der Waals surface area contributed by atoms with Crippen LogP contribution < -0.4 is 14.8 Å². The van der Waals surface area contributed by atoms with Crippen molar-refractivity contribution in [3.05, 3.63) is 65.6 Å². The summed E-state index contributed by atoms with van der Waals surface area (Å²) >= 11 is 0. The van der Waals surface area contributed by atoms with E-state index in [1.807, 2.05) is 42.6 Å². The normalized spacial score (nSPS) is 14.6. The lowest BCUT2D eigenvalue weighted by molar-refractivity contribution is -0.192. The summed E-state index contributed by atoms with van der Waals surface area (Å²) in [5.74, 6) is -0.734. The largest absolute Gasteiger partial charge is 0.490 e. The number of aryl methyl sites for hydroxylation is 1. The van der Waals surface area contributed by atoms with Crippen LogP contribution in [0.1, 0.15) is 42.6 Å². The fourth-order valence-electron chi connectivity index (χ4n) is 3.33. The van der Waals surface area contributed by atoms with Crippen LogP contribution in [0.15, 0.2) is 48.8 Å². The smallest absolute Gasteiger partial charge is 0.490 e. The zero-order valence-corrected chi connectivity index (χ0v) is 18.4. The molecular formula is C23H25F3N4O4. The minimum atomic E-state index is -5.08. The molecule has 3 aromatic rings. The van der Waals surface area contributed by atoms with Crippen LogP contribution in [0.25, 0.3) is 0 Å². The van der Waals surface area contributed by atoms with E-state index in [0.717, 1.165) is 30.6 Å². The van der Waals surface area contributed by atoms with E-state index in [0.29, 0.717) is 30.8 Å². The number of halogens is 3. The van der Waals surface area contributed by atoms with Crippen LogP contribution in [0.4, 0.5) is 13.2 Å². The number of hydrogen-bond acceptors (Lipinski definition) is 6. The van der Waals surface area contributed by atoms with E-state index in [2.05, 4.69) is 27.4 Å². The molecule has 1 atom stereocenters. The summed E-state index contributed by atoms with van der Waals surface area (Å²) in [5, 5.41) is 17.9. The maximum absolute atomic E-state index is 10.6. The van der Waals surface area contributed by atoms with Crippen molar-refractivity contribution in [1.29, 1.82) is 0 Å². The number of hydrogen-bond donors (Lipinski definition) is 3. The number of alkyl halides is 3. The lowest BCUT2D eigenvalue weighted by atomic mass is 10.1. The molecule has 1 aromatic carbocycles. The van der Waals surface area contributed by atoms with Gasteiger partial charge >= 0.3 is 12.1 Å². The summed E-state index contributed by atoms with van der Waals surface area (Å²) < 4.78 is 43.6. The quantitative estimate of drug-likeness (QED) is 0.427. The van der Waals surface area contributed by atoms with Crippen LogP contribution in [0, 0.1) is 0 Å². The fourth-order valence-corrected chi connectivity index (χ4v) is 3.33. The molecule has 0 aliphatic heterocycles. The van der Waals surface area contributed by atoms with Crippen molar-refractivity contribution in [3.8, 4) is 17.4 Å². The molecule has 1 unspecified atom stereocenters. The lowest BCUT2D eigenvalue weighted by Gasteiger charge is -2.16. The van der Waals surface area contributed by atoms with Crippen LogP contribution in [0.5, 0.6) is 17.4 Å². The molecule has 1 aliphatic carbocycles. The van der Waals surface area contributed by atoms with Gasteiger partial charge in [0.1, 0.15) is 0 Å². The molecule has 8 nitrogen and oxygen atoms in total. The Labute approximate surface area is 194 Å². The van der Waals surface area contributed by atoms with Gasteiger partial charge in [-0.15, -0.1) is 0 Å². The standard InChI is InChI=1S/C21H24N4O2.C2HF3O2/c1-2-12-26-19-7-3-4-8-20(19)27-21-15(6-5-11-22-21)13-23-17-9-10-18-16(17)14-24-25-18;3-2(4,5)1(6)7/h3-8,11,14,17,23H,2,9-10,12-13H2,1H3,(H,24,25);(H,6,7). The number of aliphatic carboxylic acids is 1. The zero-order chi connectivity index (χ0) is 24.6. The Morgan fingerprint density at radius 1 is 1.24 bits per heavy atom. The number of benzene rings is 1. The Kier molecular flexibility index (Phi) is 8.47. The van der Waals surface area contributed by atoms with Gasteiger partial charge in [-0.2, -0.15) is 18.3 Å². The van der Waals surface area contributed by atoms with Crippen LogP contribution in [-0.4, -0.2) is 39.0 Å². The van der Waals surface area contributed by atoms with Crippen LogP contribution in [-0.2, 0) is 17.8 Å². The number of para-hydroxylation sites is 2. The molecule has 3 N–H and O–H groups in total. The van der Waals surface area contributed by atoms with Gasteiger partial charge in [0.05, 0.1) is 12.8 Å². The highest BCUT2D eigenvalue weighted by Crippen LogP contribution is 2.33. The van der Waals surface area contributed by atoms with Crippen molar-refractivity contribution >= 4 is 5.97 Å². The van der Waals surface area contributed by atoms with Gasteiger partial charge in [0.2, 0.25) is 5.88 Å². The number of ether oxygens (including phenoxy) is 2. The number of aromatic amines is 1. The molecule has 0 fully saturated rings. The number of nitrogens with zero attached hydrogens (tertiary/aromatic N) is 2. The molecule has 34 heavy (non-hydrogen) atoms. The van der Waals surface area contributed by atoms with Crippen LogP contribution in [0.2, 0.25) is 0 Å². The van der Waals surface area contributed by atoms with E-state index < -0.39 is 12.1 Å². The number of aromatic nitrogens is 3. The Hall–Kier alpha value is -3.60. The highest BCUT2D eigenvalue weighted by atomic mass is 19.4. The second-order valence-corrected chi connectivity index (χ2v) is 7.44.